The van der Waals surface area contributed by atoms with Crippen LogP contribution in [0.25, 0.3) is 0 Å². The van der Waals surface area contributed by atoms with Crippen molar-refractivity contribution in [2.24, 2.45) is 0 Å². The highest BCUT2D eigenvalue weighted by atomic mass is 16.6. The molecule has 112 valence electrons. The summed E-state index contributed by atoms with van der Waals surface area (Å²) < 4.78 is 10.9. The van der Waals surface area contributed by atoms with Crippen molar-refractivity contribution in [3.63, 3.8) is 0 Å². The molecule has 0 aliphatic carbocycles. The van der Waals surface area contributed by atoms with Crippen LogP contribution in [0.2, 0.25) is 0 Å². The van der Waals surface area contributed by atoms with Gasteiger partial charge in [0.05, 0.1) is 12.7 Å². The molecule has 1 aromatic rings. The monoisotopic (exact) mass is 279 g/mol. The van der Waals surface area contributed by atoms with Gasteiger partial charge in [-0.3, -0.25) is 0 Å². The summed E-state index contributed by atoms with van der Waals surface area (Å²) in [7, 11) is 0. The lowest BCUT2D eigenvalue weighted by Gasteiger charge is -2.20. The Hall–Kier alpha value is -1.55. The second-order valence-electron chi connectivity index (χ2n) is 5.82. The summed E-state index contributed by atoms with van der Waals surface area (Å²) in [4.78, 5) is 11.4. The molecule has 1 N–H and O–H groups in total. The molecule has 0 saturated carbocycles. The van der Waals surface area contributed by atoms with Gasteiger partial charge in [-0.2, -0.15) is 0 Å². The van der Waals surface area contributed by atoms with Crippen LogP contribution in [0.15, 0.2) is 30.3 Å². The lowest BCUT2D eigenvalue weighted by molar-refractivity contribution is 0.0410. The number of alkyl carbamates (subject to hydrolysis) is 1. The minimum atomic E-state index is -0.459. The lowest BCUT2D eigenvalue weighted by atomic mass is 10.2. The highest BCUT2D eigenvalue weighted by Crippen LogP contribution is 2.07. The summed E-state index contributed by atoms with van der Waals surface area (Å²) in [6, 6.07) is 10.0. The molecule has 0 aliphatic heterocycles. The summed E-state index contributed by atoms with van der Waals surface area (Å²) in [6.07, 6.45) is 0.462. The van der Waals surface area contributed by atoms with Crippen LogP contribution in [0.3, 0.4) is 0 Å². The van der Waals surface area contributed by atoms with E-state index in [-0.39, 0.29) is 12.2 Å². The Morgan fingerprint density at radius 1 is 1.25 bits per heavy atom. The van der Waals surface area contributed by atoms with Crippen LogP contribution in [0, 0.1) is 0 Å². The van der Waals surface area contributed by atoms with Gasteiger partial charge in [0, 0.05) is 6.54 Å². The van der Waals surface area contributed by atoms with Crippen molar-refractivity contribution in [2.45, 2.75) is 52.4 Å². The lowest BCUT2D eigenvalue weighted by Crippen LogP contribution is -2.34. The van der Waals surface area contributed by atoms with Gasteiger partial charge in [0.2, 0.25) is 0 Å². The molecule has 0 radical (unpaired) electrons. The molecule has 0 heterocycles. The van der Waals surface area contributed by atoms with E-state index in [2.05, 4.69) is 5.32 Å². The first kappa shape index (κ1) is 16.5. The number of carbonyl (C=O) groups excluding carboxylic acids is 1. The van der Waals surface area contributed by atoms with Crippen molar-refractivity contribution in [2.75, 3.05) is 6.54 Å². The third kappa shape index (κ3) is 7.79. The standard InChI is InChI=1S/C16H25NO3/c1-13(19-12-14-8-6-5-7-9-14)10-11-17-15(18)20-16(2,3)4/h5-9,13H,10-12H2,1-4H3,(H,17,18). The zero-order chi connectivity index (χ0) is 15.0. The Morgan fingerprint density at radius 3 is 2.50 bits per heavy atom. The Balaban J connectivity index is 2.14. The summed E-state index contributed by atoms with van der Waals surface area (Å²) in [5, 5.41) is 2.73. The minimum Gasteiger partial charge on any atom is -0.444 e. The molecule has 0 aliphatic rings. The average Bonchev–Trinajstić information content (AvgIpc) is 2.35. The van der Waals surface area contributed by atoms with Crippen molar-refractivity contribution >= 4 is 6.09 Å². The van der Waals surface area contributed by atoms with Crippen LogP contribution in [-0.4, -0.2) is 24.3 Å². The third-order valence-electron chi connectivity index (χ3n) is 2.60. The largest absolute Gasteiger partial charge is 0.444 e. The zero-order valence-electron chi connectivity index (χ0n) is 12.8. The smallest absolute Gasteiger partial charge is 0.407 e. The van der Waals surface area contributed by atoms with Crippen LogP contribution in [0.5, 0.6) is 0 Å². The number of nitrogens with one attached hydrogen (secondary N) is 1. The maximum absolute atomic E-state index is 11.4. The Morgan fingerprint density at radius 2 is 1.90 bits per heavy atom. The molecular weight excluding hydrogens is 254 g/mol. The highest BCUT2D eigenvalue weighted by Gasteiger charge is 2.15. The Bertz CT molecular complexity index is 398. The number of carbonyl (C=O) groups is 1. The number of ether oxygens (including phenoxy) is 2. The second kappa shape index (κ2) is 7.90. The van der Waals surface area contributed by atoms with E-state index in [0.29, 0.717) is 13.2 Å². The second-order valence-corrected chi connectivity index (χ2v) is 5.82. The molecule has 4 nitrogen and oxygen atoms in total. The van der Waals surface area contributed by atoms with Crippen LogP contribution < -0.4 is 5.32 Å². The van der Waals surface area contributed by atoms with E-state index in [1.165, 1.54) is 0 Å². The topological polar surface area (TPSA) is 47.6 Å². The van der Waals surface area contributed by atoms with Crippen molar-refractivity contribution in [3.8, 4) is 0 Å². The molecule has 0 spiro atoms. The molecule has 0 bridgehead atoms. The fourth-order valence-corrected chi connectivity index (χ4v) is 1.59. The first-order valence-corrected chi connectivity index (χ1v) is 6.99. The van der Waals surface area contributed by atoms with E-state index in [4.69, 9.17) is 9.47 Å². The molecule has 0 fully saturated rings. The normalized spacial score (nSPS) is 12.8. The first-order valence-electron chi connectivity index (χ1n) is 6.99. The minimum absolute atomic E-state index is 0.0881. The zero-order valence-corrected chi connectivity index (χ0v) is 12.8. The summed E-state index contributed by atoms with van der Waals surface area (Å²) >= 11 is 0. The van der Waals surface area contributed by atoms with Crippen LogP contribution in [-0.2, 0) is 16.1 Å². The Labute approximate surface area is 121 Å². The van der Waals surface area contributed by atoms with E-state index < -0.39 is 5.60 Å². The molecule has 0 aromatic heterocycles. The number of amides is 1. The van der Waals surface area contributed by atoms with Crippen LogP contribution >= 0.6 is 0 Å². The van der Waals surface area contributed by atoms with Gasteiger partial charge < -0.3 is 14.8 Å². The van der Waals surface area contributed by atoms with E-state index in [1.807, 2.05) is 58.0 Å². The van der Waals surface area contributed by atoms with E-state index in [0.717, 1.165) is 12.0 Å². The van der Waals surface area contributed by atoms with E-state index in [1.54, 1.807) is 0 Å². The number of hydrogen-bond donors (Lipinski definition) is 1. The third-order valence-corrected chi connectivity index (χ3v) is 2.60. The predicted octanol–water partition coefficient (Wildman–Crippen LogP) is 3.51. The molecule has 20 heavy (non-hydrogen) atoms. The van der Waals surface area contributed by atoms with Gasteiger partial charge in [-0.15, -0.1) is 0 Å². The fourth-order valence-electron chi connectivity index (χ4n) is 1.59. The predicted molar refractivity (Wildman–Crippen MR) is 79.5 cm³/mol. The number of rotatable bonds is 6. The molecule has 1 unspecified atom stereocenters. The number of hydrogen-bond acceptors (Lipinski definition) is 3. The summed E-state index contributed by atoms with van der Waals surface area (Å²) in [5.41, 5.74) is 0.693. The van der Waals surface area contributed by atoms with E-state index in [9.17, 15) is 4.79 Å². The molecule has 1 amide bonds. The maximum Gasteiger partial charge on any atom is 0.407 e. The van der Waals surface area contributed by atoms with Crippen LogP contribution in [0.1, 0.15) is 39.7 Å². The molecule has 4 heteroatoms. The SMILES string of the molecule is CC(CCNC(=O)OC(C)(C)C)OCc1ccccc1. The van der Waals surface area contributed by atoms with Gasteiger partial charge in [0.25, 0.3) is 0 Å². The molecule has 0 saturated heterocycles. The average molecular weight is 279 g/mol. The van der Waals surface area contributed by atoms with Crippen molar-refractivity contribution in [1.29, 1.82) is 0 Å². The van der Waals surface area contributed by atoms with Crippen LogP contribution in [0.4, 0.5) is 4.79 Å². The Kier molecular flexibility index (Phi) is 6.52. The van der Waals surface area contributed by atoms with Crippen molar-refractivity contribution in [3.05, 3.63) is 35.9 Å². The van der Waals surface area contributed by atoms with E-state index >= 15 is 0 Å². The van der Waals surface area contributed by atoms with Crippen molar-refractivity contribution in [1.82, 2.24) is 5.32 Å². The molecule has 1 rings (SSSR count). The quantitative estimate of drug-likeness (QED) is 0.867. The molecule has 1 aromatic carbocycles. The molecule has 1 atom stereocenters. The number of benzene rings is 1. The maximum atomic E-state index is 11.4. The summed E-state index contributed by atoms with van der Waals surface area (Å²) in [5.74, 6) is 0. The van der Waals surface area contributed by atoms with Gasteiger partial charge in [-0.05, 0) is 39.7 Å². The van der Waals surface area contributed by atoms with Gasteiger partial charge >= 0.3 is 6.09 Å². The molecular formula is C16H25NO3. The van der Waals surface area contributed by atoms with Gasteiger partial charge in [-0.1, -0.05) is 30.3 Å². The van der Waals surface area contributed by atoms with Crippen molar-refractivity contribution < 1.29 is 14.3 Å². The summed E-state index contributed by atoms with van der Waals surface area (Å²) in [6.45, 7) is 8.67. The highest BCUT2D eigenvalue weighted by molar-refractivity contribution is 5.67. The van der Waals surface area contributed by atoms with Gasteiger partial charge in [0.15, 0.2) is 0 Å². The first-order chi connectivity index (χ1) is 9.37. The van der Waals surface area contributed by atoms with Gasteiger partial charge in [-0.25, -0.2) is 4.79 Å². The van der Waals surface area contributed by atoms with Gasteiger partial charge in [0.1, 0.15) is 5.60 Å². The fraction of sp³-hybridized carbons (Fsp3) is 0.562.